The number of carbonyl (C=O) groups is 1. The zero-order valence-electron chi connectivity index (χ0n) is 10.5. The van der Waals surface area contributed by atoms with Gasteiger partial charge in [-0.05, 0) is 36.8 Å². The highest BCUT2D eigenvalue weighted by Gasteiger charge is 2.06. The summed E-state index contributed by atoms with van der Waals surface area (Å²) in [5, 5.41) is 2.92. The molecule has 0 fully saturated rings. The second kappa shape index (κ2) is 5.48. The number of primary amides is 1. The summed E-state index contributed by atoms with van der Waals surface area (Å²) < 4.78 is 13.6. The highest BCUT2D eigenvalue weighted by atomic mass is 19.1. The third-order valence-corrected chi connectivity index (χ3v) is 2.71. The van der Waals surface area contributed by atoms with Crippen LogP contribution in [-0.2, 0) is 6.54 Å². The van der Waals surface area contributed by atoms with Crippen LogP contribution in [0.1, 0.15) is 21.6 Å². The Morgan fingerprint density at radius 1 is 1.37 bits per heavy atom. The molecule has 5 heteroatoms. The minimum atomic E-state index is -0.583. The van der Waals surface area contributed by atoms with Crippen LogP contribution >= 0.6 is 0 Å². The molecular weight excluding hydrogens is 245 g/mol. The van der Waals surface area contributed by atoms with Crippen molar-refractivity contribution in [3.63, 3.8) is 0 Å². The molecule has 0 aliphatic rings. The first-order valence-corrected chi connectivity index (χ1v) is 5.81. The molecule has 4 nitrogen and oxygen atoms in total. The highest BCUT2D eigenvalue weighted by molar-refractivity contribution is 5.93. The number of anilines is 1. The lowest BCUT2D eigenvalue weighted by molar-refractivity contribution is 0.100. The standard InChI is InChI=1S/C14H14FN3O/c1-9-2-3-10(7-17-9)8-18-13-6-11(14(16)19)4-5-12(13)15/h2-7,18H,8H2,1H3,(H2,16,19). The Morgan fingerprint density at radius 2 is 2.16 bits per heavy atom. The number of aromatic nitrogens is 1. The van der Waals surface area contributed by atoms with Crippen LogP contribution in [0, 0.1) is 12.7 Å². The number of hydrogen-bond acceptors (Lipinski definition) is 3. The van der Waals surface area contributed by atoms with Crippen molar-refractivity contribution >= 4 is 11.6 Å². The largest absolute Gasteiger partial charge is 0.379 e. The first-order valence-electron chi connectivity index (χ1n) is 5.81. The Kier molecular flexibility index (Phi) is 3.75. The topological polar surface area (TPSA) is 68.0 Å². The summed E-state index contributed by atoms with van der Waals surface area (Å²) in [6.45, 7) is 2.32. The number of aryl methyl sites for hydroxylation is 1. The molecule has 1 aromatic heterocycles. The van der Waals surface area contributed by atoms with Crippen LogP contribution in [0.15, 0.2) is 36.5 Å². The third kappa shape index (κ3) is 3.28. The van der Waals surface area contributed by atoms with E-state index in [-0.39, 0.29) is 11.3 Å². The molecule has 0 aliphatic carbocycles. The Bertz CT molecular complexity index is 596. The van der Waals surface area contributed by atoms with Crippen LogP contribution in [0.25, 0.3) is 0 Å². The molecule has 2 aromatic rings. The molecule has 3 N–H and O–H groups in total. The Balaban J connectivity index is 2.12. The monoisotopic (exact) mass is 259 g/mol. The van der Waals surface area contributed by atoms with E-state index < -0.39 is 11.7 Å². The van der Waals surface area contributed by atoms with Crippen molar-refractivity contribution in [3.05, 3.63) is 59.2 Å². The second-order valence-electron chi connectivity index (χ2n) is 4.22. The van der Waals surface area contributed by atoms with E-state index in [1.54, 1.807) is 6.20 Å². The predicted molar refractivity (Wildman–Crippen MR) is 71.2 cm³/mol. The predicted octanol–water partition coefficient (Wildman–Crippen LogP) is 2.24. The van der Waals surface area contributed by atoms with E-state index in [0.717, 1.165) is 11.3 Å². The van der Waals surface area contributed by atoms with Gasteiger partial charge in [0.25, 0.3) is 0 Å². The SMILES string of the molecule is Cc1ccc(CNc2cc(C(N)=O)ccc2F)cn1. The van der Waals surface area contributed by atoms with Crippen molar-refractivity contribution in [2.75, 3.05) is 5.32 Å². The van der Waals surface area contributed by atoms with Gasteiger partial charge in [-0.15, -0.1) is 0 Å². The number of nitrogens with two attached hydrogens (primary N) is 1. The number of pyridine rings is 1. The van der Waals surface area contributed by atoms with Gasteiger partial charge in [0.1, 0.15) is 5.82 Å². The van der Waals surface area contributed by atoms with E-state index in [1.807, 2.05) is 19.1 Å². The van der Waals surface area contributed by atoms with Crippen LogP contribution in [0.4, 0.5) is 10.1 Å². The number of benzene rings is 1. The van der Waals surface area contributed by atoms with Gasteiger partial charge in [-0.25, -0.2) is 4.39 Å². The van der Waals surface area contributed by atoms with Gasteiger partial charge in [-0.1, -0.05) is 6.07 Å². The van der Waals surface area contributed by atoms with Crippen LogP contribution in [-0.4, -0.2) is 10.9 Å². The van der Waals surface area contributed by atoms with Crippen LogP contribution < -0.4 is 11.1 Å². The number of carbonyl (C=O) groups excluding carboxylic acids is 1. The molecule has 0 saturated carbocycles. The summed E-state index contributed by atoms with van der Waals surface area (Å²) in [5.41, 5.74) is 7.52. The van der Waals surface area contributed by atoms with Gasteiger partial charge in [-0.3, -0.25) is 9.78 Å². The molecule has 0 unspecified atom stereocenters. The van der Waals surface area contributed by atoms with Crippen LogP contribution in [0.3, 0.4) is 0 Å². The summed E-state index contributed by atoms with van der Waals surface area (Å²) in [6, 6.07) is 7.77. The van der Waals surface area contributed by atoms with E-state index in [0.29, 0.717) is 6.54 Å². The zero-order valence-corrected chi connectivity index (χ0v) is 10.5. The molecule has 0 aliphatic heterocycles. The molecule has 0 radical (unpaired) electrons. The average molecular weight is 259 g/mol. The number of rotatable bonds is 4. The van der Waals surface area contributed by atoms with Crippen molar-refractivity contribution in [3.8, 4) is 0 Å². The molecule has 0 atom stereocenters. The number of amides is 1. The van der Waals surface area contributed by atoms with E-state index in [9.17, 15) is 9.18 Å². The molecule has 19 heavy (non-hydrogen) atoms. The third-order valence-electron chi connectivity index (χ3n) is 2.71. The molecule has 1 aromatic carbocycles. The van der Waals surface area contributed by atoms with Crippen molar-refractivity contribution in [1.82, 2.24) is 4.98 Å². The second-order valence-corrected chi connectivity index (χ2v) is 4.22. The molecule has 1 amide bonds. The van der Waals surface area contributed by atoms with E-state index in [2.05, 4.69) is 10.3 Å². The Labute approximate surface area is 110 Å². The summed E-state index contributed by atoms with van der Waals surface area (Å²) >= 11 is 0. The normalized spacial score (nSPS) is 10.2. The number of nitrogens with one attached hydrogen (secondary N) is 1. The van der Waals surface area contributed by atoms with E-state index in [4.69, 9.17) is 5.73 Å². The Hall–Kier alpha value is -2.43. The van der Waals surface area contributed by atoms with Gasteiger partial charge in [0, 0.05) is 24.0 Å². The number of nitrogens with zero attached hydrogens (tertiary/aromatic N) is 1. The van der Waals surface area contributed by atoms with Crippen LogP contribution in [0.5, 0.6) is 0 Å². The summed E-state index contributed by atoms with van der Waals surface area (Å²) in [6.07, 6.45) is 1.72. The zero-order chi connectivity index (χ0) is 13.8. The van der Waals surface area contributed by atoms with Gasteiger partial charge >= 0.3 is 0 Å². The maximum absolute atomic E-state index is 13.6. The molecule has 0 saturated heterocycles. The smallest absolute Gasteiger partial charge is 0.248 e. The minimum Gasteiger partial charge on any atom is -0.379 e. The molecule has 2 rings (SSSR count). The van der Waals surface area contributed by atoms with Crippen molar-refractivity contribution in [2.24, 2.45) is 5.73 Å². The van der Waals surface area contributed by atoms with Crippen molar-refractivity contribution < 1.29 is 9.18 Å². The van der Waals surface area contributed by atoms with E-state index in [1.165, 1.54) is 18.2 Å². The van der Waals surface area contributed by atoms with Crippen molar-refractivity contribution in [1.29, 1.82) is 0 Å². The lowest BCUT2D eigenvalue weighted by atomic mass is 10.1. The molecular formula is C14H14FN3O. The lowest BCUT2D eigenvalue weighted by Gasteiger charge is -2.08. The van der Waals surface area contributed by atoms with Crippen molar-refractivity contribution in [2.45, 2.75) is 13.5 Å². The fourth-order valence-electron chi connectivity index (χ4n) is 1.61. The van der Waals surface area contributed by atoms with Gasteiger partial charge in [0.15, 0.2) is 0 Å². The molecule has 0 spiro atoms. The fourth-order valence-corrected chi connectivity index (χ4v) is 1.61. The van der Waals surface area contributed by atoms with Crippen LogP contribution in [0.2, 0.25) is 0 Å². The van der Waals surface area contributed by atoms with Gasteiger partial charge in [0.2, 0.25) is 5.91 Å². The van der Waals surface area contributed by atoms with Gasteiger partial charge in [0.05, 0.1) is 5.69 Å². The molecule has 0 bridgehead atoms. The number of hydrogen-bond donors (Lipinski definition) is 2. The van der Waals surface area contributed by atoms with E-state index >= 15 is 0 Å². The maximum Gasteiger partial charge on any atom is 0.248 e. The summed E-state index contributed by atoms with van der Waals surface area (Å²) in [7, 11) is 0. The van der Waals surface area contributed by atoms with Gasteiger partial charge in [-0.2, -0.15) is 0 Å². The summed E-state index contributed by atoms with van der Waals surface area (Å²) in [4.78, 5) is 15.2. The lowest BCUT2D eigenvalue weighted by Crippen LogP contribution is -2.12. The Morgan fingerprint density at radius 3 is 2.79 bits per heavy atom. The first-order chi connectivity index (χ1) is 9.06. The number of halogens is 1. The highest BCUT2D eigenvalue weighted by Crippen LogP contribution is 2.17. The maximum atomic E-state index is 13.6. The first kappa shape index (κ1) is 13.0. The minimum absolute atomic E-state index is 0.247. The quantitative estimate of drug-likeness (QED) is 0.884. The molecule has 98 valence electrons. The fraction of sp³-hybridized carbons (Fsp3) is 0.143. The van der Waals surface area contributed by atoms with Gasteiger partial charge < -0.3 is 11.1 Å². The molecule has 1 heterocycles. The summed E-state index contributed by atoms with van der Waals surface area (Å²) in [5.74, 6) is -1.01. The average Bonchev–Trinajstić information content (AvgIpc) is 2.39.